The zero-order valence-corrected chi connectivity index (χ0v) is 12.0. The Kier molecular flexibility index (Phi) is 5.39. The summed E-state index contributed by atoms with van der Waals surface area (Å²) >= 11 is 5.97. The van der Waals surface area contributed by atoms with Gasteiger partial charge in [-0.2, -0.15) is 0 Å². The second kappa shape index (κ2) is 7.49. The number of halogens is 1. The van der Waals surface area contributed by atoms with E-state index in [0.717, 1.165) is 11.1 Å². The van der Waals surface area contributed by atoms with Gasteiger partial charge in [-0.3, -0.25) is 4.79 Å². The van der Waals surface area contributed by atoms with Crippen LogP contribution in [-0.2, 0) is 6.54 Å². The molecule has 0 aliphatic heterocycles. The Labute approximate surface area is 128 Å². The molecule has 3 nitrogen and oxygen atoms in total. The lowest BCUT2D eigenvalue weighted by molar-refractivity contribution is 0.0951. The molecule has 0 saturated heterocycles. The zero-order chi connectivity index (χ0) is 15.1. The monoisotopic (exact) mass is 299 g/mol. The van der Waals surface area contributed by atoms with E-state index in [9.17, 15) is 4.79 Å². The molecule has 0 fully saturated rings. The van der Waals surface area contributed by atoms with Crippen LogP contribution in [0.25, 0.3) is 0 Å². The molecule has 4 heteroatoms. The first-order valence-electron chi connectivity index (χ1n) is 6.42. The number of aliphatic hydroxyl groups is 1. The summed E-state index contributed by atoms with van der Waals surface area (Å²) in [5.41, 5.74) is 2.25. The lowest BCUT2D eigenvalue weighted by Crippen LogP contribution is -2.23. The van der Waals surface area contributed by atoms with Crippen molar-refractivity contribution in [3.05, 3.63) is 70.2 Å². The van der Waals surface area contributed by atoms with Crippen molar-refractivity contribution in [1.29, 1.82) is 0 Å². The van der Waals surface area contributed by atoms with Gasteiger partial charge in [0, 0.05) is 12.1 Å². The van der Waals surface area contributed by atoms with Gasteiger partial charge in [-0.1, -0.05) is 47.7 Å². The highest BCUT2D eigenvalue weighted by atomic mass is 35.5. The number of carbonyl (C=O) groups excluding carboxylic acids is 1. The number of aliphatic hydroxyl groups excluding tert-OH is 1. The number of hydrogen-bond acceptors (Lipinski definition) is 2. The summed E-state index contributed by atoms with van der Waals surface area (Å²) in [7, 11) is 0. The van der Waals surface area contributed by atoms with Crippen molar-refractivity contribution in [3.8, 4) is 11.8 Å². The largest absolute Gasteiger partial charge is 0.384 e. The maximum atomic E-state index is 12.0. The molecule has 0 bridgehead atoms. The zero-order valence-electron chi connectivity index (χ0n) is 11.3. The Balaban J connectivity index is 1.97. The Bertz CT molecular complexity index is 684. The standard InChI is InChI=1S/C17H14ClNO2/c18-16-6-2-1-5-15(16)17(21)19-12-14-9-7-13(8-10-14)4-3-11-20/h1-2,5-10,20H,11-12H2,(H,19,21). The fourth-order valence-corrected chi connectivity index (χ4v) is 1.99. The third-order valence-corrected chi connectivity index (χ3v) is 3.17. The molecule has 0 aromatic heterocycles. The van der Waals surface area contributed by atoms with Gasteiger partial charge in [0.15, 0.2) is 0 Å². The molecule has 2 N–H and O–H groups in total. The predicted molar refractivity (Wildman–Crippen MR) is 83.0 cm³/mol. The molecule has 0 spiro atoms. The van der Waals surface area contributed by atoms with Crippen molar-refractivity contribution in [2.24, 2.45) is 0 Å². The molecule has 0 aliphatic rings. The molecule has 0 saturated carbocycles. The van der Waals surface area contributed by atoms with Gasteiger partial charge in [0.05, 0.1) is 10.6 Å². The fraction of sp³-hybridized carbons (Fsp3) is 0.118. The molecule has 106 valence electrons. The van der Waals surface area contributed by atoms with Crippen molar-refractivity contribution in [2.45, 2.75) is 6.54 Å². The van der Waals surface area contributed by atoms with E-state index < -0.39 is 0 Å². The molecule has 2 aromatic rings. The highest BCUT2D eigenvalue weighted by Crippen LogP contribution is 2.14. The van der Waals surface area contributed by atoms with E-state index in [0.29, 0.717) is 17.1 Å². The van der Waals surface area contributed by atoms with Crippen LogP contribution in [0.1, 0.15) is 21.5 Å². The van der Waals surface area contributed by atoms with Crippen LogP contribution < -0.4 is 5.32 Å². The van der Waals surface area contributed by atoms with Crippen molar-refractivity contribution in [2.75, 3.05) is 6.61 Å². The van der Waals surface area contributed by atoms with Gasteiger partial charge in [-0.05, 0) is 29.8 Å². The van der Waals surface area contributed by atoms with Crippen molar-refractivity contribution in [3.63, 3.8) is 0 Å². The van der Waals surface area contributed by atoms with E-state index in [1.807, 2.05) is 24.3 Å². The molecule has 0 heterocycles. The second-order valence-corrected chi connectivity index (χ2v) is 4.73. The second-order valence-electron chi connectivity index (χ2n) is 4.32. The van der Waals surface area contributed by atoms with E-state index in [1.165, 1.54) is 0 Å². The third-order valence-electron chi connectivity index (χ3n) is 2.84. The van der Waals surface area contributed by atoms with E-state index in [1.54, 1.807) is 24.3 Å². The molecule has 2 rings (SSSR count). The fourth-order valence-electron chi connectivity index (χ4n) is 1.77. The van der Waals surface area contributed by atoms with Gasteiger partial charge in [-0.15, -0.1) is 0 Å². The quantitative estimate of drug-likeness (QED) is 0.856. The normalized spacial score (nSPS) is 9.62. The van der Waals surface area contributed by atoms with Crippen LogP contribution in [0.2, 0.25) is 5.02 Å². The Morgan fingerprint density at radius 1 is 1.14 bits per heavy atom. The minimum absolute atomic E-state index is 0.157. The number of benzene rings is 2. The van der Waals surface area contributed by atoms with Gasteiger partial charge in [0.1, 0.15) is 6.61 Å². The van der Waals surface area contributed by atoms with Gasteiger partial charge in [0.2, 0.25) is 0 Å². The summed E-state index contributed by atoms with van der Waals surface area (Å²) in [5, 5.41) is 11.9. The van der Waals surface area contributed by atoms with Crippen LogP contribution in [0.15, 0.2) is 48.5 Å². The average molecular weight is 300 g/mol. The van der Waals surface area contributed by atoms with Gasteiger partial charge >= 0.3 is 0 Å². The first kappa shape index (κ1) is 15.1. The highest BCUT2D eigenvalue weighted by Gasteiger charge is 2.08. The topological polar surface area (TPSA) is 49.3 Å². The third kappa shape index (κ3) is 4.35. The number of hydrogen-bond donors (Lipinski definition) is 2. The van der Waals surface area contributed by atoms with Crippen LogP contribution in [0.5, 0.6) is 0 Å². The first-order chi connectivity index (χ1) is 10.2. The van der Waals surface area contributed by atoms with E-state index in [-0.39, 0.29) is 12.5 Å². The van der Waals surface area contributed by atoms with E-state index in [4.69, 9.17) is 16.7 Å². The molecule has 0 aliphatic carbocycles. The van der Waals surface area contributed by atoms with E-state index in [2.05, 4.69) is 17.2 Å². The Hall–Kier alpha value is -2.28. The Morgan fingerprint density at radius 2 is 1.86 bits per heavy atom. The number of rotatable bonds is 3. The minimum Gasteiger partial charge on any atom is -0.384 e. The van der Waals surface area contributed by atoms with Crippen molar-refractivity contribution >= 4 is 17.5 Å². The molecule has 2 aromatic carbocycles. The smallest absolute Gasteiger partial charge is 0.253 e. The summed E-state index contributed by atoms with van der Waals surface area (Å²) in [4.78, 5) is 12.0. The molecular weight excluding hydrogens is 286 g/mol. The predicted octanol–water partition coefficient (Wildman–Crippen LogP) is 2.61. The van der Waals surface area contributed by atoms with Gasteiger partial charge in [-0.25, -0.2) is 0 Å². The summed E-state index contributed by atoms with van der Waals surface area (Å²) in [6.45, 7) is 0.257. The summed E-state index contributed by atoms with van der Waals surface area (Å²) in [5.74, 6) is 5.19. The molecule has 0 radical (unpaired) electrons. The number of nitrogens with one attached hydrogen (secondary N) is 1. The molecule has 21 heavy (non-hydrogen) atoms. The van der Waals surface area contributed by atoms with Crippen LogP contribution in [0.3, 0.4) is 0 Å². The summed E-state index contributed by atoms with van der Waals surface area (Å²) in [6.07, 6.45) is 0. The SMILES string of the molecule is O=C(NCc1ccc(C#CCO)cc1)c1ccccc1Cl. The lowest BCUT2D eigenvalue weighted by atomic mass is 10.1. The summed E-state index contributed by atoms with van der Waals surface area (Å²) < 4.78 is 0. The number of amides is 1. The van der Waals surface area contributed by atoms with Crippen LogP contribution in [0.4, 0.5) is 0 Å². The van der Waals surface area contributed by atoms with Crippen molar-refractivity contribution < 1.29 is 9.90 Å². The Morgan fingerprint density at radius 3 is 2.52 bits per heavy atom. The maximum Gasteiger partial charge on any atom is 0.253 e. The maximum absolute atomic E-state index is 12.0. The minimum atomic E-state index is -0.204. The molecular formula is C17H14ClNO2. The molecule has 0 unspecified atom stereocenters. The number of carbonyl (C=O) groups is 1. The lowest BCUT2D eigenvalue weighted by Gasteiger charge is -2.06. The summed E-state index contributed by atoms with van der Waals surface area (Å²) in [6, 6.07) is 14.4. The molecule has 1 amide bonds. The van der Waals surface area contributed by atoms with Crippen molar-refractivity contribution in [1.82, 2.24) is 5.32 Å². The van der Waals surface area contributed by atoms with Crippen LogP contribution >= 0.6 is 11.6 Å². The highest BCUT2D eigenvalue weighted by molar-refractivity contribution is 6.33. The van der Waals surface area contributed by atoms with E-state index >= 15 is 0 Å². The van der Waals surface area contributed by atoms with Gasteiger partial charge in [0.25, 0.3) is 5.91 Å². The molecule has 0 atom stereocenters. The van der Waals surface area contributed by atoms with Crippen LogP contribution in [-0.4, -0.2) is 17.6 Å². The first-order valence-corrected chi connectivity index (χ1v) is 6.80. The van der Waals surface area contributed by atoms with Gasteiger partial charge < -0.3 is 10.4 Å². The average Bonchev–Trinajstić information content (AvgIpc) is 2.52. The van der Waals surface area contributed by atoms with Crippen LogP contribution in [0, 0.1) is 11.8 Å².